The van der Waals surface area contributed by atoms with Crippen molar-refractivity contribution in [2.75, 3.05) is 32.8 Å². The van der Waals surface area contributed by atoms with Crippen LogP contribution in [0.4, 0.5) is 4.39 Å². The minimum atomic E-state index is -0.269. The molecular weight excluding hydrogens is 311 g/mol. The third kappa shape index (κ3) is 6.44. The van der Waals surface area contributed by atoms with Crippen LogP contribution in [-0.2, 0) is 6.42 Å². The van der Waals surface area contributed by atoms with Crippen molar-refractivity contribution in [2.45, 2.75) is 6.42 Å². The zero-order valence-electron chi connectivity index (χ0n) is 13.5. The maximum atomic E-state index is 12.7. The van der Waals surface area contributed by atoms with E-state index in [9.17, 15) is 14.6 Å². The molecule has 0 bridgehead atoms. The summed E-state index contributed by atoms with van der Waals surface area (Å²) in [6.07, 6.45) is 0.779. The lowest BCUT2D eigenvalue weighted by atomic mass is 10.1. The fourth-order valence-electron chi connectivity index (χ4n) is 2.16. The summed E-state index contributed by atoms with van der Waals surface area (Å²) < 4.78 is 18.2. The van der Waals surface area contributed by atoms with Gasteiger partial charge in [0.25, 0.3) is 0 Å². The predicted octanol–water partition coefficient (Wildman–Crippen LogP) is 2.04. The monoisotopic (exact) mass is 334 g/mol. The lowest BCUT2D eigenvalue weighted by molar-refractivity contribution is 0.313. The SMILES string of the molecule is Oc1ccc(CCNCCNCCOc2ccc(F)cc2)cc1O. The molecule has 0 amide bonds. The molecule has 0 heterocycles. The molecule has 0 aliphatic rings. The average molecular weight is 334 g/mol. The second-order valence-corrected chi connectivity index (χ2v) is 5.38. The summed E-state index contributed by atoms with van der Waals surface area (Å²) in [7, 11) is 0. The van der Waals surface area contributed by atoms with E-state index in [2.05, 4.69) is 10.6 Å². The fraction of sp³-hybridized carbons (Fsp3) is 0.333. The van der Waals surface area contributed by atoms with Gasteiger partial charge in [0.1, 0.15) is 18.2 Å². The van der Waals surface area contributed by atoms with Crippen molar-refractivity contribution in [1.82, 2.24) is 10.6 Å². The third-order valence-electron chi connectivity index (χ3n) is 3.47. The number of halogens is 1. The molecule has 0 saturated carbocycles. The van der Waals surface area contributed by atoms with E-state index >= 15 is 0 Å². The maximum Gasteiger partial charge on any atom is 0.157 e. The molecular formula is C18H23FN2O3. The molecule has 0 spiro atoms. The molecule has 24 heavy (non-hydrogen) atoms. The summed E-state index contributed by atoms with van der Waals surface area (Å²) in [6.45, 7) is 3.66. The van der Waals surface area contributed by atoms with Gasteiger partial charge >= 0.3 is 0 Å². The largest absolute Gasteiger partial charge is 0.504 e. The van der Waals surface area contributed by atoms with Crippen molar-refractivity contribution in [1.29, 1.82) is 0 Å². The molecule has 4 N–H and O–H groups in total. The second kappa shape index (κ2) is 9.75. The van der Waals surface area contributed by atoms with Crippen LogP contribution in [0.1, 0.15) is 5.56 Å². The normalized spacial score (nSPS) is 10.7. The van der Waals surface area contributed by atoms with Crippen molar-refractivity contribution >= 4 is 0 Å². The van der Waals surface area contributed by atoms with E-state index in [1.54, 1.807) is 24.3 Å². The number of nitrogens with one attached hydrogen (secondary N) is 2. The number of hydrogen-bond donors (Lipinski definition) is 4. The van der Waals surface area contributed by atoms with Crippen LogP contribution in [0.5, 0.6) is 17.2 Å². The van der Waals surface area contributed by atoms with Crippen molar-refractivity contribution in [3.63, 3.8) is 0 Å². The second-order valence-electron chi connectivity index (χ2n) is 5.38. The molecule has 0 aromatic heterocycles. The topological polar surface area (TPSA) is 73.8 Å². The van der Waals surface area contributed by atoms with Crippen LogP contribution in [0.3, 0.4) is 0 Å². The van der Waals surface area contributed by atoms with Gasteiger partial charge in [-0.2, -0.15) is 0 Å². The van der Waals surface area contributed by atoms with Gasteiger partial charge in [0, 0.05) is 19.6 Å². The van der Waals surface area contributed by atoms with Gasteiger partial charge in [-0.3, -0.25) is 0 Å². The zero-order valence-corrected chi connectivity index (χ0v) is 13.5. The minimum Gasteiger partial charge on any atom is -0.504 e. The minimum absolute atomic E-state index is 0.0877. The molecule has 2 rings (SSSR count). The van der Waals surface area contributed by atoms with Gasteiger partial charge in [-0.25, -0.2) is 4.39 Å². The van der Waals surface area contributed by atoms with E-state index < -0.39 is 0 Å². The van der Waals surface area contributed by atoms with E-state index in [1.165, 1.54) is 18.2 Å². The molecule has 130 valence electrons. The van der Waals surface area contributed by atoms with Crippen LogP contribution < -0.4 is 15.4 Å². The Hall–Kier alpha value is -2.31. The summed E-state index contributed by atoms with van der Waals surface area (Å²) in [5.74, 6) is 0.205. The Balaban J connectivity index is 1.46. The molecule has 5 nitrogen and oxygen atoms in total. The summed E-state index contributed by atoms with van der Waals surface area (Å²) >= 11 is 0. The fourth-order valence-corrected chi connectivity index (χ4v) is 2.16. The van der Waals surface area contributed by atoms with E-state index in [-0.39, 0.29) is 17.3 Å². The molecule has 6 heteroatoms. The average Bonchev–Trinajstić information content (AvgIpc) is 2.58. The van der Waals surface area contributed by atoms with E-state index in [4.69, 9.17) is 4.74 Å². The number of phenolic OH excluding ortho intramolecular Hbond substituents is 2. The van der Waals surface area contributed by atoms with Gasteiger partial charge < -0.3 is 25.6 Å². The van der Waals surface area contributed by atoms with Crippen LogP contribution in [0.2, 0.25) is 0 Å². The highest BCUT2D eigenvalue weighted by molar-refractivity contribution is 5.40. The Bertz CT molecular complexity index is 620. The number of phenols is 2. The highest BCUT2D eigenvalue weighted by Crippen LogP contribution is 2.24. The number of ether oxygens (including phenoxy) is 1. The van der Waals surface area contributed by atoms with E-state index in [0.717, 1.165) is 31.6 Å². The van der Waals surface area contributed by atoms with E-state index in [1.807, 2.05) is 0 Å². The standard InChI is InChI=1S/C18H23FN2O3/c19-15-2-4-16(5-3-15)24-12-11-21-10-9-20-8-7-14-1-6-17(22)18(23)13-14/h1-6,13,20-23H,7-12H2. The predicted molar refractivity (Wildman–Crippen MR) is 91.1 cm³/mol. The van der Waals surface area contributed by atoms with E-state index in [0.29, 0.717) is 18.9 Å². The van der Waals surface area contributed by atoms with Crippen LogP contribution in [0.15, 0.2) is 42.5 Å². The zero-order chi connectivity index (χ0) is 17.2. The Morgan fingerprint density at radius 3 is 2.25 bits per heavy atom. The van der Waals surface area contributed by atoms with Crippen molar-refractivity contribution in [3.8, 4) is 17.2 Å². The highest BCUT2D eigenvalue weighted by atomic mass is 19.1. The molecule has 0 fully saturated rings. The third-order valence-corrected chi connectivity index (χ3v) is 3.47. The Morgan fingerprint density at radius 2 is 1.54 bits per heavy atom. The van der Waals surface area contributed by atoms with Gasteiger partial charge in [-0.15, -0.1) is 0 Å². The van der Waals surface area contributed by atoms with Gasteiger partial charge in [0.05, 0.1) is 0 Å². The Labute approximate surface area is 141 Å². The summed E-state index contributed by atoms with van der Waals surface area (Å²) in [6, 6.07) is 10.8. The lowest BCUT2D eigenvalue weighted by Gasteiger charge is -2.09. The lowest BCUT2D eigenvalue weighted by Crippen LogP contribution is -2.31. The number of benzene rings is 2. The summed E-state index contributed by atoms with van der Waals surface area (Å²) in [5.41, 5.74) is 0.971. The first kappa shape index (κ1) is 18.0. The molecule has 0 aliphatic carbocycles. The number of aromatic hydroxyl groups is 2. The van der Waals surface area contributed by atoms with Crippen LogP contribution in [-0.4, -0.2) is 43.0 Å². The van der Waals surface area contributed by atoms with Crippen LogP contribution in [0, 0.1) is 5.82 Å². The maximum absolute atomic E-state index is 12.7. The first-order valence-electron chi connectivity index (χ1n) is 7.96. The van der Waals surface area contributed by atoms with Gasteiger partial charge in [-0.05, 0) is 54.9 Å². The van der Waals surface area contributed by atoms with Crippen molar-refractivity contribution in [2.24, 2.45) is 0 Å². The van der Waals surface area contributed by atoms with Crippen molar-refractivity contribution in [3.05, 3.63) is 53.8 Å². The Morgan fingerprint density at radius 1 is 0.833 bits per heavy atom. The van der Waals surface area contributed by atoms with Gasteiger partial charge in [0.15, 0.2) is 11.5 Å². The summed E-state index contributed by atoms with van der Waals surface area (Å²) in [5, 5.41) is 25.2. The van der Waals surface area contributed by atoms with Crippen molar-refractivity contribution < 1.29 is 19.3 Å². The molecule has 2 aromatic carbocycles. The van der Waals surface area contributed by atoms with Gasteiger partial charge in [0.2, 0.25) is 0 Å². The first-order chi connectivity index (χ1) is 11.6. The van der Waals surface area contributed by atoms with Crippen LogP contribution in [0.25, 0.3) is 0 Å². The Kier molecular flexibility index (Phi) is 7.32. The highest BCUT2D eigenvalue weighted by Gasteiger charge is 2.00. The smallest absolute Gasteiger partial charge is 0.157 e. The molecule has 0 aliphatic heterocycles. The van der Waals surface area contributed by atoms with Gasteiger partial charge in [-0.1, -0.05) is 6.07 Å². The first-order valence-corrected chi connectivity index (χ1v) is 7.96. The summed E-state index contributed by atoms with van der Waals surface area (Å²) in [4.78, 5) is 0. The van der Waals surface area contributed by atoms with Crippen LogP contribution >= 0.6 is 0 Å². The quantitative estimate of drug-likeness (QED) is 0.395. The molecule has 0 saturated heterocycles. The number of hydrogen-bond acceptors (Lipinski definition) is 5. The molecule has 0 atom stereocenters. The number of rotatable bonds is 10. The molecule has 0 unspecified atom stereocenters. The molecule has 2 aromatic rings. The molecule has 0 radical (unpaired) electrons.